The van der Waals surface area contributed by atoms with Gasteiger partial charge >= 0.3 is 0 Å². The Hall–Kier alpha value is -2.80. The van der Waals surface area contributed by atoms with Crippen molar-refractivity contribution >= 4 is 21.8 Å². The van der Waals surface area contributed by atoms with E-state index in [1.807, 2.05) is 47.4 Å². The van der Waals surface area contributed by atoms with Crippen LogP contribution < -0.4 is 14.8 Å². The fourth-order valence-corrected chi connectivity index (χ4v) is 3.19. The van der Waals surface area contributed by atoms with E-state index in [1.165, 1.54) is 0 Å². The first-order valence-corrected chi connectivity index (χ1v) is 9.20. The second-order valence-electron chi connectivity index (χ2n) is 5.83. The van der Waals surface area contributed by atoms with Crippen molar-refractivity contribution < 1.29 is 14.3 Å². The van der Waals surface area contributed by atoms with Crippen molar-refractivity contribution in [3.05, 3.63) is 70.5 Å². The molecule has 0 bridgehead atoms. The van der Waals surface area contributed by atoms with Gasteiger partial charge in [-0.25, -0.2) is 4.68 Å². The second kappa shape index (κ2) is 8.73. The Bertz CT molecular complexity index is 900. The number of aromatic nitrogens is 2. The highest BCUT2D eigenvalue weighted by Gasteiger charge is 2.14. The number of methoxy groups -OCH3 is 2. The maximum Gasteiger partial charge on any atom is 0.251 e. The largest absolute Gasteiger partial charge is 0.495 e. The van der Waals surface area contributed by atoms with Crippen LogP contribution in [0.15, 0.2) is 59.3 Å². The molecule has 6 nitrogen and oxygen atoms in total. The number of benzene rings is 2. The Morgan fingerprint density at radius 2 is 1.81 bits per heavy atom. The molecule has 0 saturated carbocycles. The Labute approximate surface area is 166 Å². The normalized spacial score (nSPS) is 10.5. The monoisotopic (exact) mass is 429 g/mol. The Kier molecular flexibility index (Phi) is 6.13. The highest BCUT2D eigenvalue weighted by molar-refractivity contribution is 9.10. The number of amides is 1. The first kappa shape index (κ1) is 19.0. The maximum atomic E-state index is 12.5. The molecule has 0 atom stereocenters. The molecule has 1 heterocycles. The molecule has 1 N–H and O–H groups in total. The van der Waals surface area contributed by atoms with Crippen LogP contribution >= 0.6 is 15.9 Å². The molecule has 0 aliphatic heterocycles. The number of carbonyl (C=O) groups is 1. The molecule has 7 heteroatoms. The van der Waals surface area contributed by atoms with Crippen LogP contribution in [0.3, 0.4) is 0 Å². The summed E-state index contributed by atoms with van der Waals surface area (Å²) in [7, 11) is 3.09. The number of carbonyl (C=O) groups excluding carboxylic acids is 1. The van der Waals surface area contributed by atoms with Crippen molar-refractivity contribution in [1.29, 1.82) is 0 Å². The van der Waals surface area contributed by atoms with E-state index in [1.54, 1.807) is 26.4 Å². The van der Waals surface area contributed by atoms with Crippen molar-refractivity contribution in [3.63, 3.8) is 0 Å². The summed E-state index contributed by atoms with van der Waals surface area (Å²) in [6, 6.07) is 13.2. The van der Waals surface area contributed by atoms with E-state index < -0.39 is 0 Å². The molecule has 140 valence electrons. The number of halogens is 1. The molecule has 0 saturated heterocycles. The van der Waals surface area contributed by atoms with Gasteiger partial charge in [-0.15, -0.1) is 0 Å². The van der Waals surface area contributed by atoms with E-state index in [0.29, 0.717) is 34.5 Å². The Balaban J connectivity index is 1.61. The predicted molar refractivity (Wildman–Crippen MR) is 107 cm³/mol. The second-order valence-corrected chi connectivity index (χ2v) is 6.62. The molecule has 0 radical (unpaired) electrons. The van der Waals surface area contributed by atoms with Crippen LogP contribution in [0.5, 0.6) is 11.5 Å². The quantitative estimate of drug-likeness (QED) is 0.622. The average Bonchev–Trinajstić information content (AvgIpc) is 3.17. The zero-order valence-corrected chi connectivity index (χ0v) is 16.7. The third-order valence-corrected chi connectivity index (χ3v) is 4.85. The van der Waals surface area contributed by atoms with Crippen molar-refractivity contribution in [1.82, 2.24) is 15.1 Å². The van der Waals surface area contributed by atoms with Crippen molar-refractivity contribution in [2.24, 2.45) is 0 Å². The van der Waals surface area contributed by atoms with Crippen LogP contribution in [-0.2, 0) is 6.42 Å². The van der Waals surface area contributed by atoms with Crippen LogP contribution in [0.1, 0.15) is 15.9 Å². The smallest absolute Gasteiger partial charge is 0.251 e. The van der Waals surface area contributed by atoms with Crippen molar-refractivity contribution in [2.75, 3.05) is 20.8 Å². The summed E-state index contributed by atoms with van der Waals surface area (Å²) >= 11 is 3.40. The number of hydrogen-bond donors (Lipinski definition) is 1. The van der Waals surface area contributed by atoms with Crippen LogP contribution in [-0.4, -0.2) is 36.5 Å². The number of para-hydroxylation sites is 1. The molecule has 3 rings (SSSR count). The molecule has 27 heavy (non-hydrogen) atoms. The van der Waals surface area contributed by atoms with E-state index in [-0.39, 0.29) is 5.91 Å². The van der Waals surface area contributed by atoms with Crippen LogP contribution in [0.2, 0.25) is 0 Å². The topological polar surface area (TPSA) is 65.4 Å². The Morgan fingerprint density at radius 1 is 1.15 bits per heavy atom. The SMILES string of the molecule is COc1cc(C(=O)NCCc2cnn(-c3ccccc3)c2)cc(OC)c1Br. The summed E-state index contributed by atoms with van der Waals surface area (Å²) in [5.74, 6) is 0.904. The summed E-state index contributed by atoms with van der Waals surface area (Å²) in [4.78, 5) is 12.5. The fraction of sp³-hybridized carbons (Fsp3) is 0.200. The van der Waals surface area contributed by atoms with Crippen LogP contribution in [0, 0.1) is 0 Å². The third-order valence-electron chi connectivity index (χ3n) is 4.06. The molecule has 1 amide bonds. The zero-order valence-electron chi connectivity index (χ0n) is 15.1. The van der Waals surface area contributed by atoms with Gasteiger partial charge in [0, 0.05) is 18.3 Å². The van der Waals surface area contributed by atoms with Gasteiger partial charge in [0.25, 0.3) is 5.91 Å². The van der Waals surface area contributed by atoms with E-state index in [2.05, 4.69) is 26.3 Å². The summed E-state index contributed by atoms with van der Waals surface area (Å²) in [5.41, 5.74) is 2.53. The summed E-state index contributed by atoms with van der Waals surface area (Å²) < 4.78 is 13.1. The van der Waals surface area contributed by atoms with E-state index >= 15 is 0 Å². The average molecular weight is 430 g/mol. The first-order valence-electron chi connectivity index (χ1n) is 8.41. The molecule has 3 aromatic rings. The summed E-state index contributed by atoms with van der Waals surface area (Å²) in [5, 5.41) is 7.28. The van der Waals surface area contributed by atoms with E-state index in [9.17, 15) is 4.79 Å². The van der Waals surface area contributed by atoms with E-state index in [4.69, 9.17) is 9.47 Å². The number of nitrogens with one attached hydrogen (secondary N) is 1. The minimum absolute atomic E-state index is 0.186. The lowest BCUT2D eigenvalue weighted by molar-refractivity contribution is 0.0953. The van der Waals surface area contributed by atoms with Crippen LogP contribution in [0.25, 0.3) is 5.69 Å². The lowest BCUT2D eigenvalue weighted by Gasteiger charge is -2.11. The van der Waals surface area contributed by atoms with Gasteiger partial charge in [-0.2, -0.15) is 5.10 Å². The molecule has 0 spiro atoms. The number of ether oxygens (including phenoxy) is 2. The van der Waals surface area contributed by atoms with Gasteiger partial charge < -0.3 is 14.8 Å². The molecular weight excluding hydrogens is 410 g/mol. The molecule has 0 fully saturated rings. The lowest BCUT2D eigenvalue weighted by Crippen LogP contribution is -2.25. The lowest BCUT2D eigenvalue weighted by atomic mass is 10.1. The first-order chi connectivity index (χ1) is 13.1. The maximum absolute atomic E-state index is 12.5. The van der Waals surface area contributed by atoms with Gasteiger partial charge in [0.05, 0.1) is 26.1 Å². The molecule has 2 aromatic carbocycles. The molecule has 0 unspecified atom stereocenters. The summed E-state index contributed by atoms with van der Waals surface area (Å²) in [6.07, 6.45) is 4.46. The van der Waals surface area contributed by atoms with Gasteiger partial charge in [0.1, 0.15) is 16.0 Å². The Morgan fingerprint density at radius 3 is 2.44 bits per heavy atom. The molecule has 1 aromatic heterocycles. The minimum Gasteiger partial charge on any atom is -0.495 e. The van der Waals surface area contributed by atoms with Crippen molar-refractivity contribution in [3.8, 4) is 17.2 Å². The number of hydrogen-bond acceptors (Lipinski definition) is 4. The summed E-state index contributed by atoms with van der Waals surface area (Å²) in [6.45, 7) is 0.500. The molecule has 0 aliphatic rings. The third kappa shape index (κ3) is 4.49. The highest BCUT2D eigenvalue weighted by atomic mass is 79.9. The minimum atomic E-state index is -0.186. The van der Waals surface area contributed by atoms with Gasteiger partial charge in [0.2, 0.25) is 0 Å². The van der Waals surface area contributed by atoms with E-state index in [0.717, 1.165) is 11.3 Å². The highest BCUT2D eigenvalue weighted by Crippen LogP contribution is 2.35. The van der Waals surface area contributed by atoms with Gasteiger partial charge in [0.15, 0.2) is 0 Å². The van der Waals surface area contributed by atoms with Gasteiger partial charge in [-0.3, -0.25) is 4.79 Å². The fourth-order valence-electron chi connectivity index (χ4n) is 2.63. The standard InChI is InChI=1S/C20H20BrN3O3/c1-26-17-10-15(11-18(27-2)19(17)21)20(25)22-9-8-14-12-23-24(13-14)16-6-4-3-5-7-16/h3-7,10-13H,8-9H2,1-2H3,(H,22,25). The number of rotatable bonds is 7. The number of nitrogens with zero attached hydrogens (tertiary/aromatic N) is 2. The molecule has 0 aliphatic carbocycles. The van der Waals surface area contributed by atoms with Crippen LogP contribution in [0.4, 0.5) is 0 Å². The predicted octanol–water partition coefficient (Wildman–Crippen LogP) is 3.62. The zero-order chi connectivity index (χ0) is 19.2. The van der Waals surface area contributed by atoms with Crippen molar-refractivity contribution in [2.45, 2.75) is 6.42 Å². The van der Waals surface area contributed by atoms with Gasteiger partial charge in [-0.1, -0.05) is 18.2 Å². The van der Waals surface area contributed by atoms with Gasteiger partial charge in [-0.05, 0) is 52.2 Å². The molecular formula is C20H20BrN3O3.